The zero-order valence-corrected chi connectivity index (χ0v) is 20.4. The molecular weight excluding hydrogens is 469 g/mol. The Kier molecular flexibility index (Phi) is 6.06. The highest BCUT2D eigenvalue weighted by Crippen LogP contribution is 2.30. The molecule has 4 aromatic heterocycles. The van der Waals surface area contributed by atoms with E-state index in [4.69, 9.17) is 4.42 Å². The molecule has 0 aromatic carbocycles. The van der Waals surface area contributed by atoms with Gasteiger partial charge in [-0.3, -0.25) is 14.6 Å². The Morgan fingerprint density at radius 2 is 2.06 bits per heavy atom. The number of likely N-dealkylation sites (tertiary alicyclic amines) is 1. The van der Waals surface area contributed by atoms with Gasteiger partial charge >= 0.3 is 0 Å². The molecule has 0 radical (unpaired) electrons. The molecule has 1 atom stereocenters. The number of halogens is 1. The maximum Gasteiger partial charge on any atom is 0.274 e. The SMILES string of the molecule is Cc1cc(C(=O)CC2CN(C(=O)c3nc(N[C@@H](C)c4cncc(F)c4)nc4ccsc34)C2)c(C)o1. The predicted octanol–water partition coefficient (Wildman–Crippen LogP) is 4.95. The number of Topliss-reactive ketones (excluding diaryl/α,β-unsaturated/α-hetero) is 1. The largest absolute Gasteiger partial charge is 0.466 e. The van der Waals surface area contributed by atoms with Crippen LogP contribution in [0.4, 0.5) is 10.3 Å². The standard InChI is InChI=1S/C25H24FN5O3S/c1-13-6-19(15(3)34-13)21(32)7-16-11-31(12-16)24(33)22-23-20(4-5-35-23)29-25(30-22)28-14(2)17-8-18(26)10-27-9-17/h4-6,8-10,14,16H,7,11-12H2,1-3H3,(H,28,29,30)/t14-/m0/s1. The van der Waals surface area contributed by atoms with Gasteiger partial charge < -0.3 is 14.6 Å². The van der Waals surface area contributed by atoms with E-state index in [-0.39, 0.29) is 29.6 Å². The summed E-state index contributed by atoms with van der Waals surface area (Å²) < 4.78 is 19.7. The van der Waals surface area contributed by atoms with Gasteiger partial charge in [0.15, 0.2) is 11.5 Å². The van der Waals surface area contributed by atoms with Crippen LogP contribution in [0.2, 0.25) is 0 Å². The number of amides is 1. The van der Waals surface area contributed by atoms with E-state index in [1.54, 1.807) is 24.1 Å². The van der Waals surface area contributed by atoms with Crippen LogP contribution in [-0.2, 0) is 0 Å². The molecule has 1 fully saturated rings. The summed E-state index contributed by atoms with van der Waals surface area (Å²) in [5.74, 6) is 1.14. The number of anilines is 1. The Labute approximate surface area is 205 Å². The second kappa shape index (κ2) is 9.18. The molecule has 1 amide bonds. The molecule has 10 heteroatoms. The van der Waals surface area contributed by atoms with E-state index < -0.39 is 5.82 Å². The number of fused-ring (bicyclic) bond motifs is 1. The summed E-state index contributed by atoms with van der Waals surface area (Å²) in [6, 6.07) is 4.69. The molecule has 0 aliphatic carbocycles. The molecule has 5 rings (SSSR count). The van der Waals surface area contributed by atoms with Crippen LogP contribution < -0.4 is 5.32 Å². The maximum absolute atomic E-state index is 13.6. The molecule has 1 aliphatic heterocycles. The van der Waals surface area contributed by atoms with Crippen molar-refractivity contribution in [1.82, 2.24) is 19.9 Å². The highest BCUT2D eigenvalue weighted by atomic mass is 32.1. The summed E-state index contributed by atoms with van der Waals surface area (Å²) in [4.78, 5) is 40.6. The molecule has 5 heterocycles. The summed E-state index contributed by atoms with van der Waals surface area (Å²) in [6.07, 6.45) is 3.09. The van der Waals surface area contributed by atoms with Crippen molar-refractivity contribution in [3.8, 4) is 0 Å². The number of aromatic nitrogens is 3. The van der Waals surface area contributed by atoms with Crippen LogP contribution in [0.25, 0.3) is 10.2 Å². The van der Waals surface area contributed by atoms with E-state index in [0.29, 0.717) is 58.1 Å². The topological polar surface area (TPSA) is 101 Å². The van der Waals surface area contributed by atoms with E-state index in [2.05, 4.69) is 20.3 Å². The van der Waals surface area contributed by atoms with Crippen molar-refractivity contribution in [3.05, 3.63) is 70.1 Å². The fourth-order valence-electron chi connectivity index (χ4n) is 4.31. The quantitative estimate of drug-likeness (QED) is 0.363. The average molecular weight is 494 g/mol. The first-order chi connectivity index (χ1) is 16.8. The van der Waals surface area contributed by atoms with E-state index in [1.165, 1.54) is 17.4 Å². The lowest BCUT2D eigenvalue weighted by molar-refractivity contribution is 0.0466. The van der Waals surface area contributed by atoms with Crippen LogP contribution in [-0.4, -0.2) is 44.6 Å². The molecule has 0 bridgehead atoms. The van der Waals surface area contributed by atoms with E-state index >= 15 is 0 Å². The minimum absolute atomic E-state index is 0.0337. The van der Waals surface area contributed by atoms with Crippen molar-refractivity contribution in [1.29, 1.82) is 0 Å². The fourth-order valence-corrected chi connectivity index (χ4v) is 5.12. The highest BCUT2D eigenvalue weighted by molar-refractivity contribution is 7.17. The number of hydrogen-bond acceptors (Lipinski definition) is 8. The van der Waals surface area contributed by atoms with E-state index in [9.17, 15) is 14.0 Å². The van der Waals surface area contributed by atoms with Crippen molar-refractivity contribution in [2.24, 2.45) is 5.92 Å². The van der Waals surface area contributed by atoms with E-state index in [0.717, 1.165) is 6.20 Å². The van der Waals surface area contributed by atoms with Crippen molar-refractivity contribution in [3.63, 3.8) is 0 Å². The van der Waals surface area contributed by atoms with Crippen LogP contribution in [0.3, 0.4) is 0 Å². The zero-order chi connectivity index (χ0) is 24.7. The first-order valence-electron chi connectivity index (χ1n) is 11.3. The number of ketones is 1. The Hall–Kier alpha value is -3.66. The zero-order valence-electron chi connectivity index (χ0n) is 19.5. The lowest BCUT2D eigenvalue weighted by atomic mass is 9.91. The third-order valence-electron chi connectivity index (χ3n) is 6.14. The van der Waals surface area contributed by atoms with Crippen LogP contribution in [0.1, 0.15) is 57.3 Å². The van der Waals surface area contributed by atoms with Gasteiger partial charge in [-0.25, -0.2) is 14.4 Å². The Morgan fingerprint density at radius 1 is 1.26 bits per heavy atom. The molecule has 1 saturated heterocycles. The number of thiophene rings is 1. The highest BCUT2D eigenvalue weighted by Gasteiger charge is 2.35. The molecule has 35 heavy (non-hydrogen) atoms. The van der Waals surface area contributed by atoms with Crippen LogP contribution in [0.5, 0.6) is 0 Å². The third-order valence-corrected chi connectivity index (χ3v) is 7.05. The molecular formula is C25H24FN5O3S. The molecule has 180 valence electrons. The van der Waals surface area contributed by atoms with Crippen molar-refractivity contribution < 1.29 is 18.4 Å². The number of nitrogens with one attached hydrogen (secondary N) is 1. The molecule has 1 N–H and O–H groups in total. The van der Waals surface area contributed by atoms with Crippen LogP contribution in [0.15, 0.2) is 40.4 Å². The van der Waals surface area contributed by atoms with Gasteiger partial charge in [-0.1, -0.05) is 0 Å². The third kappa shape index (κ3) is 4.66. The summed E-state index contributed by atoms with van der Waals surface area (Å²) in [7, 11) is 0. The number of hydrogen-bond donors (Lipinski definition) is 1. The number of aryl methyl sites for hydroxylation is 2. The molecule has 1 aliphatic rings. The molecule has 8 nitrogen and oxygen atoms in total. The Balaban J connectivity index is 1.29. The minimum atomic E-state index is -0.426. The normalized spacial score (nSPS) is 14.7. The molecule has 0 unspecified atom stereocenters. The number of carbonyl (C=O) groups is 2. The first kappa shape index (κ1) is 23.1. The van der Waals surface area contributed by atoms with Gasteiger partial charge in [0.2, 0.25) is 5.95 Å². The summed E-state index contributed by atoms with van der Waals surface area (Å²) in [5, 5.41) is 5.02. The van der Waals surface area contributed by atoms with Crippen LogP contribution >= 0.6 is 11.3 Å². The van der Waals surface area contributed by atoms with Gasteiger partial charge in [-0.2, -0.15) is 0 Å². The molecule has 4 aromatic rings. The van der Waals surface area contributed by atoms with Gasteiger partial charge in [0, 0.05) is 31.6 Å². The number of pyridine rings is 1. The number of nitrogens with zero attached hydrogens (tertiary/aromatic N) is 4. The monoisotopic (exact) mass is 493 g/mol. The van der Waals surface area contributed by atoms with Gasteiger partial charge in [0.05, 0.1) is 28.0 Å². The fraction of sp³-hybridized carbons (Fsp3) is 0.320. The van der Waals surface area contributed by atoms with Gasteiger partial charge in [0.1, 0.15) is 17.3 Å². The van der Waals surface area contributed by atoms with Gasteiger partial charge in [-0.05, 0) is 49.9 Å². The van der Waals surface area contributed by atoms with Crippen molar-refractivity contribution >= 4 is 39.2 Å². The second-order valence-electron chi connectivity index (χ2n) is 8.86. The van der Waals surface area contributed by atoms with Gasteiger partial charge in [0.25, 0.3) is 5.91 Å². The maximum atomic E-state index is 13.6. The van der Waals surface area contributed by atoms with Crippen molar-refractivity contribution in [2.45, 2.75) is 33.2 Å². The van der Waals surface area contributed by atoms with E-state index in [1.807, 2.05) is 25.3 Å². The number of rotatable bonds is 7. The number of carbonyl (C=O) groups excluding carboxylic acids is 2. The lowest BCUT2D eigenvalue weighted by Gasteiger charge is -2.38. The predicted molar refractivity (Wildman–Crippen MR) is 130 cm³/mol. The average Bonchev–Trinajstić information content (AvgIpc) is 3.40. The van der Waals surface area contributed by atoms with Crippen molar-refractivity contribution in [2.75, 3.05) is 18.4 Å². The molecule has 0 saturated carbocycles. The van der Waals surface area contributed by atoms with Crippen LogP contribution in [0, 0.1) is 25.6 Å². The Morgan fingerprint density at radius 3 is 2.77 bits per heavy atom. The molecule has 0 spiro atoms. The second-order valence-corrected chi connectivity index (χ2v) is 9.78. The Bertz CT molecular complexity index is 1430. The summed E-state index contributed by atoms with van der Waals surface area (Å²) in [6.45, 7) is 6.44. The first-order valence-corrected chi connectivity index (χ1v) is 12.2. The summed E-state index contributed by atoms with van der Waals surface area (Å²) >= 11 is 1.41. The smallest absolute Gasteiger partial charge is 0.274 e. The lowest BCUT2D eigenvalue weighted by Crippen LogP contribution is -2.50. The number of furan rings is 1. The van der Waals surface area contributed by atoms with Gasteiger partial charge in [-0.15, -0.1) is 11.3 Å². The minimum Gasteiger partial charge on any atom is -0.466 e. The summed E-state index contributed by atoms with van der Waals surface area (Å²) in [5.41, 5.74) is 2.24.